The number of nitrogens with two attached hydrogens (primary N) is 1. The van der Waals surface area contributed by atoms with Gasteiger partial charge in [-0.3, -0.25) is 14.5 Å². The SMILES string of the molecule is [2H]C([2H])(CC(=O)OCC)N(C(=O)c1ccc2c(c1)nc(CNc1ccc(/C(N)=N/C(=O)OCCCCCC)cc1)n2C)c1ccccn1. The van der Waals surface area contributed by atoms with Crippen LogP contribution in [0.25, 0.3) is 11.0 Å². The van der Waals surface area contributed by atoms with Crippen LogP contribution >= 0.6 is 0 Å². The lowest BCUT2D eigenvalue weighted by atomic mass is 10.1. The number of aryl methyl sites for hydroxylation is 1. The van der Waals surface area contributed by atoms with Crippen LogP contribution in [0.2, 0.25) is 0 Å². The Morgan fingerprint density at radius 1 is 1.02 bits per heavy atom. The van der Waals surface area contributed by atoms with Gasteiger partial charge in [0.05, 0.1) is 40.0 Å². The Morgan fingerprint density at radius 3 is 2.52 bits per heavy atom. The molecule has 242 valence electrons. The van der Waals surface area contributed by atoms with Crippen molar-refractivity contribution in [2.24, 2.45) is 17.8 Å². The van der Waals surface area contributed by atoms with Crippen molar-refractivity contribution in [3.05, 3.63) is 83.8 Å². The third-order valence-corrected chi connectivity index (χ3v) is 7.06. The Bertz CT molecular complexity index is 1740. The zero-order valence-corrected chi connectivity index (χ0v) is 26.4. The van der Waals surface area contributed by atoms with E-state index >= 15 is 0 Å². The first-order valence-electron chi connectivity index (χ1n) is 16.3. The molecular weight excluding hydrogens is 586 g/mol. The number of hydrogen-bond acceptors (Lipinski definition) is 8. The van der Waals surface area contributed by atoms with Gasteiger partial charge in [0, 0.05) is 36.6 Å². The summed E-state index contributed by atoms with van der Waals surface area (Å²) in [5.41, 5.74) is 8.84. The first kappa shape index (κ1) is 30.8. The number of aromatic nitrogens is 3. The van der Waals surface area contributed by atoms with Gasteiger partial charge in [-0.2, -0.15) is 4.99 Å². The molecule has 0 fully saturated rings. The van der Waals surface area contributed by atoms with Crippen LogP contribution in [0.5, 0.6) is 0 Å². The normalized spacial score (nSPS) is 12.3. The number of carbonyl (C=O) groups excluding carboxylic acids is 3. The maximum absolute atomic E-state index is 13.8. The van der Waals surface area contributed by atoms with E-state index in [1.54, 1.807) is 49.4 Å². The van der Waals surface area contributed by atoms with Crippen molar-refractivity contribution in [3.8, 4) is 0 Å². The number of hydrogen-bond donors (Lipinski definition) is 2. The Hall–Kier alpha value is -5.26. The van der Waals surface area contributed by atoms with Gasteiger partial charge in [-0.25, -0.2) is 14.8 Å². The second kappa shape index (κ2) is 16.7. The summed E-state index contributed by atoms with van der Waals surface area (Å²) in [6, 6.07) is 16.8. The number of esters is 1. The van der Waals surface area contributed by atoms with Crippen LogP contribution in [0.15, 0.2) is 71.9 Å². The lowest BCUT2D eigenvalue weighted by molar-refractivity contribution is -0.142. The minimum Gasteiger partial charge on any atom is -0.466 e. The van der Waals surface area contributed by atoms with E-state index in [9.17, 15) is 14.4 Å². The number of nitrogens with one attached hydrogen (secondary N) is 1. The Morgan fingerprint density at radius 2 is 1.80 bits per heavy atom. The number of rotatable bonds is 15. The molecule has 2 amide bonds. The molecule has 2 aromatic heterocycles. The highest BCUT2D eigenvalue weighted by atomic mass is 16.5. The average Bonchev–Trinajstić information content (AvgIpc) is 3.38. The van der Waals surface area contributed by atoms with Gasteiger partial charge in [-0.15, -0.1) is 0 Å². The maximum atomic E-state index is 13.8. The number of carbonyl (C=O) groups is 3. The molecule has 46 heavy (non-hydrogen) atoms. The number of aliphatic imine (C=N–C) groups is 1. The van der Waals surface area contributed by atoms with E-state index in [1.165, 1.54) is 12.3 Å². The van der Waals surface area contributed by atoms with E-state index in [-0.39, 0.29) is 23.8 Å². The number of benzene rings is 2. The summed E-state index contributed by atoms with van der Waals surface area (Å²) in [4.78, 5) is 51.6. The molecule has 3 N–H and O–H groups in total. The zero-order chi connectivity index (χ0) is 34.7. The molecule has 0 radical (unpaired) electrons. The predicted octanol–water partition coefficient (Wildman–Crippen LogP) is 5.60. The van der Waals surface area contributed by atoms with E-state index in [2.05, 4.69) is 22.2 Å². The van der Waals surface area contributed by atoms with Crippen LogP contribution in [0.4, 0.5) is 16.3 Å². The lowest BCUT2D eigenvalue weighted by Gasteiger charge is -2.21. The fraction of sp³-hybridized carbons (Fsp3) is 0.353. The molecule has 0 aliphatic heterocycles. The molecule has 4 aromatic rings. The first-order chi connectivity index (χ1) is 23.0. The molecule has 0 saturated carbocycles. The van der Waals surface area contributed by atoms with Crippen molar-refractivity contribution in [1.82, 2.24) is 14.5 Å². The van der Waals surface area contributed by atoms with Crippen molar-refractivity contribution in [1.29, 1.82) is 0 Å². The zero-order valence-electron chi connectivity index (χ0n) is 28.4. The number of unbranched alkanes of at least 4 members (excludes halogenated alkanes) is 3. The van der Waals surface area contributed by atoms with Crippen LogP contribution in [0.1, 0.15) is 70.4 Å². The van der Waals surface area contributed by atoms with Gasteiger partial charge < -0.3 is 25.1 Å². The summed E-state index contributed by atoms with van der Waals surface area (Å²) in [5, 5.41) is 3.31. The summed E-state index contributed by atoms with van der Waals surface area (Å²) >= 11 is 0. The quantitative estimate of drug-likeness (QED) is 0.0740. The van der Waals surface area contributed by atoms with E-state index in [4.69, 9.17) is 22.9 Å². The van der Waals surface area contributed by atoms with E-state index in [1.807, 2.05) is 23.7 Å². The minimum atomic E-state index is -2.42. The van der Waals surface area contributed by atoms with E-state index in [0.717, 1.165) is 41.8 Å². The molecule has 2 aromatic carbocycles. The molecule has 12 heteroatoms. The van der Waals surface area contributed by atoms with Crippen LogP contribution in [0, 0.1) is 0 Å². The lowest BCUT2D eigenvalue weighted by Crippen LogP contribution is -2.34. The topological polar surface area (TPSA) is 154 Å². The standard InChI is InChI=1S/C34H41N7O5/c1-4-6-7-10-21-46-34(44)39-32(35)24-12-15-26(16-13-24)37-23-30-38-27-22-25(14-17-28(27)40(30)3)33(43)41(20-18-31(42)45-5-2)29-11-8-9-19-36-29/h8-9,11-17,19,22,37H,4-7,10,18,20-21,23H2,1-3H3,(H2,35,39,44)/i20D2. The van der Waals surface area contributed by atoms with E-state index in [0.29, 0.717) is 30.1 Å². The molecule has 0 saturated heterocycles. The summed E-state index contributed by atoms with van der Waals surface area (Å²) in [5.74, 6) is -0.650. The number of amides is 2. The Labute approximate surface area is 271 Å². The number of ether oxygens (including phenoxy) is 2. The second-order valence-corrected chi connectivity index (χ2v) is 10.4. The number of nitrogens with zero attached hydrogens (tertiary/aromatic N) is 5. The number of fused-ring (bicyclic) bond motifs is 1. The molecule has 0 aliphatic carbocycles. The van der Waals surface area contributed by atoms with Crippen molar-refractivity contribution >= 4 is 46.3 Å². The third kappa shape index (κ3) is 9.13. The van der Waals surface area contributed by atoms with Gasteiger partial charge in [0.1, 0.15) is 17.5 Å². The first-order valence-corrected chi connectivity index (χ1v) is 15.3. The van der Waals surface area contributed by atoms with Gasteiger partial charge in [0.25, 0.3) is 5.91 Å². The van der Waals surface area contributed by atoms with Crippen molar-refractivity contribution in [3.63, 3.8) is 0 Å². The van der Waals surface area contributed by atoms with Crippen molar-refractivity contribution in [2.45, 2.75) is 52.5 Å². The van der Waals surface area contributed by atoms with Crippen LogP contribution in [-0.4, -0.2) is 58.1 Å². The number of pyridine rings is 1. The fourth-order valence-electron chi connectivity index (χ4n) is 4.59. The van der Waals surface area contributed by atoms with Crippen molar-refractivity contribution in [2.75, 3.05) is 29.9 Å². The van der Waals surface area contributed by atoms with Crippen LogP contribution in [0.3, 0.4) is 0 Å². The largest absolute Gasteiger partial charge is 0.466 e. The molecular formula is C34H41N7O5. The number of amidine groups is 1. The van der Waals surface area contributed by atoms with Gasteiger partial charge in [0.15, 0.2) is 0 Å². The van der Waals surface area contributed by atoms with Gasteiger partial charge in [-0.1, -0.05) is 32.3 Å². The monoisotopic (exact) mass is 629 g/mol. The molecule has 12 nitrogen and oxygen atoms in total. The Kier molecular flexibility index (Phi) is 11.2. The highest BCUT2D eigenvalue weighted by Gasteiger charge is 2.21. The van der Waals surface area contributed by atoms with Crippen LogP contribution < -0.4 is 16.0 Å². The molecule has 0 unspecified atom stereocenters. The smallest absolute Gasteiger partial charge is 0.435 e. The average molecular weight is 630 g/mol. The Balaban J connectivity index is 1.46. The number of imidazole rings is 1. The molecule has 2 heterocycles. The van der Waals surface area contributed by atoms with Crippen LogP contribution in [-0.2, 0) is 27.9 Å². The number of anilines is 2. The third-order valence-electron chi connectivity index (χ3n) is 7.06. The van der Waals surface area contributed by atoms with Gasteiger partial charge in [0.2, 0.25) is 0 Å². The molecule has 0 bridgehead atoms. The molecule has 0 aliphatic rings. The predicted molar refractivity (Wildman–Crippen MR) is 178 cm³/mol. The highest BCUT2D eigenvalue weighted by molar-refractivity contribution is 6.07. The minimum absolute atomic E-state index is 0.0552. The molecule has 0 atom stereocenters. The summed E-state index contributed by atoms with van der Waals surface area (Å²) in [6.45, 7) is 2.07. The fourth-order valence-corrected chi connectivity index (χ4v) is 4.59. The van der Waals surface area contributed by atoms with Crippen molar-refractivity contribution < 1.29 is 26.6 Å². The summed E-state index contributed by atoms with van der Waals surface area (Å²) in [6.07, 6.45) is 4.05. The van der Waals surface area contributed by atoms with Gasteiger partial charge in [-0.05, 0) is 67.9 Å². The highest BCUT2D eigenvalue weighted by Crippen LogP contribution is 2.21. The summed E-state index contributed by atoms with van der Waals surface area (Å²) in [7, 11) is 1.86. The summed E-state index contributed by atoms with van der Waals surface area (Å²) < 4.78 is 29.2. The van der Waals surface area contributed by atoms with Gasteiger partial charge >= 0.3 is 12.1 Å². The molecule has 4 rings (SSSR count). The van der Waals surface area contributed by atoms with E-state index < -0.39 is 30.9 Å². The maximum Gasteiger partial charge on any atom is 0.435 e. The molecule has 0 spiro atoms. The second-order valence-electron chi connectivity index (χ2n) is 10.4.